The van der Waals surface area contributed by atoms with Crippen molar-refractivity contribution >= 4 is 17.5 Å². The summed E-state index contributed by atoms with van der Waals surface area (Å²) >= 11 is 0. The largest absolute Gasteiger partial charge is 0.493 e. The third kappa shape index (κ3) is 2.47. The van der Waals surface area contributed by atoms with Gasteiger partial charge in [0.05, 0.1) is 20.8 Å². The van der Waals surface area contributed by atoms with E-state index < -0.39 is 6.04 Å². The van der Waals surface area contributed by atoms with Gasteiger partial charge in [0.1, 0.15) is 6.04 Å². The molecule has 102 valence electrons. The summed E-state index contributed by atoms with van der Waals surface area (Å²) in [5.41, 5.74) is 0.744. The van der Waals surface area contributed by atoms with E-state index in [2.05, 4.69) is 5.32 Å². The molecule has 1 aromatic rings. The molecule has 1 aliphatic heterocycles. The number of piperazine rings is 1. The van der Waals surface area contributed by atoms with Gasteiger partial charge in [-0.3, -0.25) is 14.9 Å². The Hall–Kier alpha value is -2.24. The van der Waals surface area contributed by atoms with Crippen molar-refractivity contribution in [3.63, 3.8) is 0 Å². The molecular formula is C13H16N2O4. The van der Waals surface area contributed by atoms with E-state index in [1.165, 1.54) is 0 Å². The summed E-state index contributed by atoms with van der Waals surface area (Å²) in [6.07, 6.45) is 0. The smallest absolute Gasteiger partial charge is 0.249 e. The van der Waals surface area contributed by atoms with Gasteiger partial charge in [0, 0.05) is 11.8 Å². The van der Waals surface area contributed by atoms with Gasteiger partial charge >= 0.3 is 0 Å². The van der Waals surface area contributed by atoms with E-state index in [0.717, 1.165) is 5.69 Å². The summed E-state index contributed by atoms with van der Waals surface area (Å²) in [6.45, 7) is 1.89. The van der Waals surface area contributed by atoms with E-state index in [4.69, 9.17) is 9.47 Å². The molecule has 1 fully saturated rings. The molecule has 1 saturated heterocycles. The highest BCUT2D eigenvalue weighted by molar-refractivity contribution is 6.04. The van der Waals surface area contributed by atoms with Gasteiger partial charge in [-0.2, -0.15) is 0 Å². The number of carbonyl (C=O) groups excluding carboxylic acids is 2. The van der Waals surface area contributed by atoms with Crippen LogP contribution in [0.1, 0.15) is 6.92 Å². The van der Waals surface area contributed by atoms with Gasteiger partial charge in [-0.1, -0.05) is 0 Å². The average molecular weight is 264 g/mol. The summed E-state index contributed by atoms with van der Waals surface area (Å²) in [7, 11) is 3.09. The maximum Gasteiger partial charge on any atom is 0.249 e. The van der Waals surface area contributed by atoms with Crippen LogP contribution < -0.4 is 19.7 Å². The van der Waals surface area contributed by atoms with Crippen LogP contribution in [0.2, 0.25) is 0 Å². The lowest BCUT2D eigenvalue weighted by atomic mass is 10.1. The highest BCUT2D eigenvalue weighted by atomic mass is 16.5. The van der Waals surface area contributed by atoms with Crippen LogP contribution in [0.5, 0.6) is 11.5 Å². The van der Waals surface area contributed by atoms with E-state index in [1.807, 2.05) is 0 Å². The van der Waals surface area contributed by atoms with Crippen molar-refractivity contribution in [1.29, 1.82) is 0 Å². The maximum atomic E-state index is 11.6. The lowest BCUT2D eigenvalue weighted by molar-refractivity contribution is -0.132. The molecule has 19 heavy (non-hydrogen) atoms. The zero-order valence-corrected chi connectivity index (χ0v) is 11.1. The summed E-state index contributed by atoms with van der Waals surface area (Å²) < 4.78 is 10.4. The van der Waals surface area contributed by atoms with Gasteiger partial charge < -0.3 is 14.4 Å². The van der Waals surface area contributed by atoms with Crippen molar-refractivity contribution in [1.82, 2.24) is 5.32 Å². The van der Waals surface area contributed by atoms with E-state index in [0.29, 0.717) is 11.5 Å². The highest BCUT2D eigenvalue weighted by Crippen LogP contribution is 2.32. The van der Waals surface area contributed by atoms with Crippen LogP contribution in [0.15, 0.2) is 18.2 Å². The molecule has 1 heterocycles. The molecule has 6 heteroatoms. The second-order valence-electron chi connectivity index (χ2n) is 4.26. The first-order chi connectivity index (χ1) is 9.06. The molecule has 2 amide bonds. The monoisotopic (exact) mass is 264 g/mol. The van der Waals surface area contributed by atoms with Crippen LogP contribution in [0, 0.1) is 0 Å². The lowest BCUT2D eigenvalue weighted by Gasteiger charge is -2.33. The van der Waals surface area contributed by atoms with Gasteiger partial charge in [0.25, 0.3) is 0 Å². The Morgan fingerprint density at radius 3 is 2.53 bits per heavy atom. The Balaban J connectivity index is 2.35. The van der Waals surface area contributed by atoms with Gasteiger partial charge in [0.15, 0.2) is 11.5 Å². The lowest BCUT2D eigenvalue weighted by Crippen LogP contribution is -2.57. The second-order valence-corrected chi connectivity index (χ2v) is 4.26. The number of hydrogen-bond donors (Lipinski definition) is 1. The summed E-state index contributed by atoms with van der Waals surface area (Å²) in [5, 5.41) is 2.30. The summed E-state index contributed by atoms with van der Waals surface area (Å²) in [5.74, 6) is 0.557. The normalized spacial score (nSPS) is 19.1. The molecule has 0 radical (unpaired) electrons. The van der Waals surface area contributed by atoms with E-state index >= 15 is 0 Å². The second kappa shape index (κ2) is 5.17. The number of carbonyl (C=O) groups is 2. The minimum Gasteiger partial charge on any atom is -0.493 e. The highest BCUT2D eigenvalue weighted by Gasteiger charge is 2.30. The van der Waals surface area contributed by atoms with Crippen molar-refractivity contribution in [3.05, 3.63) is 18.2 Å². The minimum absolute atomic E-state index is 0.141. The predicted octanol–water partition coefficient (Wildman–Crippen LogP) is 0.555. The third-order valence-corrected chi connectivity index (χ3v) is 3.12. The van der Waals surface area contributed by atoms with Crippen LogP contribution in [0.4, 0.5) is 5.69 Å². The number of nitrogens with zero attached hydrogens (tertiary/aromatic N) is 1. The number of rotatable bonds is 3. The zero-order chi connectivity index (χ0) is 14.0. The van der Waals surface area contributed by atoms with Crippen molar-refractivity contribution in [2.45, 2.75) is 13.0 Å². The third-order valence-electron chi connectivity index (χ3n) is 3.12. The first kappa shape index (κ1) is 13.2. The quantitative estimate of drug-likeness (QED) is 0.808. The molecule has 1 aromatic carbocycles. The van der Waals surface area contributed by atoms with Crippen LogP contribution >= 0.6 is 0 Å². The zero-order valence-electron chi connectivity index (χ0n) is 11.1. The van der Waals surface area contributed by atoms with Gasteiger partial charge in [0.2, 0.25) is 11.8 Å². The molecule has 0 aliphatic carbocycles. The maximum absolute atomic E-state index is 11.6. The number of amides is 2. The van der Waals surface area contributed by atoms with Crippen molar-refractivity contribution in [2.75, 3.05) is 25.7 Å². The van der Waals surface area contributed by atoms with Gasteiger partial charge in [-0.05, 0) is 19.1 Å². The van der Waals surface area contributed by atoms with Crippen LogP contribution in [0.25, 0.3) is 0 Å². The number of ether oxygens (including phenoxy) is 2. The Morgan fingerprint density at radius 2 is 1.89 bits per heavy atom. The molecule has 1 aliphatic rings. The van der Waals surface area contributed by atoms with Crippen LogP contribution in [-0.4, -0.2) is 38.6 Å². The van der Waals surface area contributed by atoms with Crippen LogP contribution in [0.3, 0.4) is 0 Å². The standard InChI is InChI=1S/C13H16N2O4/c1-8-13(17)14-12(16)7-15(8)9-4-5-10(18-2)11(6-9)19-3/h4-6,8H,7H2,1-3H3,(H,14,16,17). The van der Waals surface area contributed by atoms with Crippen molar-refractivity contribution < 1.29 is 19.1 Å². The fourth-order valence-electron chi connectivity index (χ4n) is 2.03. The SMILES string of the molecule is COc1ccc(N2CC(=O)NC(=O)C2C)cc1OC. The van der Waals surface area contributed by atoms with Gasteiger partial charge in [-0.15, -0.1) is 0 Å². The molecule has 1 atom stereocenters. The van der Waals surface area contributed by atoms with Crippen molar-refractivity contribution in [2.24, 2.45) is 0 Å². The molecule has 6 nitrogen and oxygen atoms in total. The van der Waals surface area contributed by atoms with E-state index in [1.54, 1.807) is 44.2 Å². The van der Waals surface area contributed by atoms with Crippen LogP contribution in [-0.2, 0) is 9.59 Å². The molecule has 1 N–H and O–H groups in total. The Bertz CT molecular complexity index is 515. The summed E-state index contributed by atoms with van der Waals surface area (Å²) in [4.78, 5) is 24.8. The first-order valence-electron chi connectivity index (χ1n) is 5.89. The molecule has 0 spiro atoms. The fourth-order valence-corrected chi connectivity index (χ4v) is 2.03. The topological polar surface area (TPSA) is 67.9 Å². The number of benzene rings is 1. The predicted molar refractivity (Wildman–Crippen MR) is 69.5 cm³/mol. The average Bonchev–Trinajstić information content (AvgIpc) is 2.42. The van der Waals surface area contributed by atoms with Gasteiger partial charge in [-0.25, -0.2) is 0 Å². The van der Waals surface area contributed by atoms with E-state index in [9.17, 15) is 9.59 Å². The Labute approximate surface area is 111 Å². The molecule has 1 unspecified atom stereocenters. The minimum atomic E-state index is -0.407. The Morgan fingerprint density at radius 1 is 1.21 bits per heavy atom. The fraction of sp³-hybridized carbons (Fsp3) is 0.385. The molecule has 0 aromatic heterocycles. The first-order valence-corrected chi connectivity index (χ1v) is 5.89. The molecular weight excluding hydrogens is 248 g/mol. The molecule has 0 saturated carbocycles. The number of hydrogen-bond acceptors (Lipinski definition) is 5. The number of nitrogens with one attached hydrogen (secondary N) is 1. The number of methoxy groups -OCH3 is 2. The number of anilines is 1. The number of imide groups is 1. The molecule has 0 bridgehead atoms. The molecule has 2 rings (SSSR count). The summed E-state index contributed by atoms with van der Waals surface area (Å²) in [6, 6.07) is 4.89. The van der Waals surface area contributed by atoms with Crippen molar-refractivity contribution in [3.8, 4) is 11.5 Å². The van der Waals surface area contributed by atoms with E-state index in [-0.39, 0.29) is 18.4 Å². The Kier molecular flexibility index (Phi) is 3.59.